The molecule has 3 aliphatic rings. The Morgan fingerprint density at radius 2 is 1.33 bits per heavy atom. The van der Waals surface area contributed by atoms with E-state index in [9.17, 15) is 0 Å². The van der Waals surface area contributed by atoms with Crippen LogP contribution in [0.2, 0.25) is 0 Å². The number of rotatable bonds is 1. The van der Waals surface area contributed by atoms with Crippen molar-refractivity contribution in [3.05, 3.63) is 95.1 Å². The van der Waals surface area contributed by atoms with Crippen LogP contribution in [0.4, 0.5) is 0 Å². The molecular weight excluding hydrogens is 353 g/mol. The minimum atomic E-state index is -1.17. The lowest BCUT2D eigenvalue weighted by Gasteiger charge is -2.49. The summed E-state index contributed by atoms with van der Waals surface area (Å²) in [5.74, 6) is 1.92. The molecule has 0 fully saturated rings. The minimum Gasteiger partial charge on any atom is -0.427 e. The molecule has 3 aromatic rings. The van der Waals surface area contributed by atoms with Crippen LogP contribution in [-0.4, -0.2) is 4.67 Å². The molecule has 3 nitrogen and oxygen atoms in total. The topological polar surface area (TPSA) is 21.7 Å². The number of nitrogens with zero attached hydrogens (tertiary/aromatic N) is 1. The van der Waals surface area contributed by atoms with Crippen molar-refractivity contribution in [2.45, 2.75) is 31.3 Å². The molecular formula is C23H20NO2P. The predicted octanol–water partition coefficient (Wildman–Crippen LogP) is 6.17. The molecule has 1 aliphatic carbocycles. The van der Waals surface area contributed by atoms with E-state index in [-0.39, 0.29) is 6.04 Å². The molecule has 0 spiro atoms. The van der Waals surface area contributed by atoms with E-state index < -0.39 is 8.53 Å². The molecule has 6 rings (SSSR count). The molecule has 0 amide bonds. The molecule has 2 bridgehead atoms. The summed E-state index contributed by atoms with van der Waals surface area (Å²) < 4.78 is 15.3. The number of aryl methyl sites for hydroxylation is 1. The van der Waals surface area contributed by atoms with Crippen molar-refractivity contribution in [2.75, 3.05) is 0 Å². The smallest absolute Gasteiger partial charge is 0.386 e. The zero-order valence-corrected chi connectivity index (χ0v) is 15.8. The highest BCUT2D eigenvalue weighted by molar-refractivity contribution is 7.45. The molecule has 134 valence electrons. The van der Waals surface area contributed by atoms with Crippen LogP contribution in [-0.2, 0) is 6.42 Å². The molecule has 0 N–H and O–H groups in total. The van der Waals surface area contributed by atoms with E-state index >= 15 is 0 Å². The molecule has 0 unspecified atom stereocenters. The van der Waals surface area contributed by atoms with Crippen molar-refractivity contribution in [1.82, 2.24) is 4.67 Å². The van der Waals surface area contributed by atoms with Crippen LogP contribution >= 0.6 is 8.53 Å². The number of fused-ring (bicyclic) bond motifs is 7. The summed E-state index contributed by atoms with van der Waals surface area (Å²) in [5, 5.41) is 0. The van der Waals surface area contributed by atoms with E-state index in [1.54, 1.807) is 0 Å². The first kappa shape index (κ1) is 15.7. The molecule has 0 saturated carbocycles. The van der Waals surface area contributed by atoms with Crippen molar-refractivity contribution in [3.8, 4) is 11.5 Å². The van der Waals surface area contributed by atoms with Gasteiger partial charge in [-0.2, -0.15) is 4.67 Å². The van der Waals surface area contributed by atoms with Gasteiger partial charge in [0.1, 0.15) is 11.5 Å². The summed E-state index contributed by atoms with van der Waals surface area (Å²) in [4.78, 5) is 0. The third-order valence-electron chi connectivity index (χ3n) is 5.89. The SMILES string of the molecule is c1ccc2c(c1)CCC[C@@H]2N1C2c3ccccc3OP1Oc1ccccc12. The van der Waals surface area contributed by atoms with Crippen LogP contribution in [0, 0.1) is 0 Å². The highest BCUT2D eigenvalue weighted by Crippen LogP contribution is 2.65. The highest BCUT2D eigenvalue weighted by atomic mass is 31.2. The number of para-hydroxylation sites is 2. The van der Waals surface area contributed by atoms with Gasteiger partial charge >= 0.3 is 8.53 Å². The molecule has 3 aromatic carbocycles. The first-order valence-electron chi connectivity index (χ1n) is 9.60. The second-order valence-corrected chi connectivity index (χ2v) is 8.69. The fraction of sp³-hybridized carbons (Fsp3) is 0.217. The summed E-state index contributed by atoms with van der Waals surface area (Å²) in [5.41, 5.74) is 5.40. The Morgan fingerprint density at radius 1 is 0.741 bits per heavy atom. The van der Waals surface area contributed by atoms with Crippen LogP contribution in [0.5, 0.6) is 11.5 Å². The molecule has 4 heteroatoms. The second-order valence-electron chi connectivity index (χ2n) is 7.39. The Bertz CT molecular complexity index is 971. The third kappa shape index (κ3) is 2.35. The molecule has 1 atom stereocenters. The van der Waals surface area contributed by atoms with Crippen molar-refractivity contribution < 1.29 is 9.05 Å². The van der Waals surface area contributed by atoms with E-state index in [0.717, 1.165) is 24.3 Å². The van der Waals surface area contributed by atoms with Crippen molar-refractivity contribution in [2.24, 2.45) is 0 Å². The fourth-order valence-electron chi connectivity index (χ4n) is 4.70. The first-order chi connectivity index (χ1) is 13.4. The number of hydrogen-bond acceptors (Lipinski definition) is 3. The molecule has 2 heterocycles. The summed E-state index contributed by atoms with van der Waals surface area (Å²) >= 11 is 0. The van der Waals surface area contributed by atoms with Crippen molar-refractivity contribution in [1.29, 1.82) is 0 Å². The maximum atomic E-state index is 6.41. The van der Waals surface area contributed by atoms with Gasteiger partial charge in [-0.3, -0.25) is 0 Å². The van der Waals surface area contributed by atoms with Gasteiger partial charge in [0, 0.05) is 17.2 Å². The molecule has 2 aliphatic heterocycles. The average molecular weight is 373 g/mol. The summed E-state index contributed by atoms with van der Waals surface area (Å²) in [6.45, 7) is 0. The Hall–Kier alpha value is -2.35. The van der Waals surface area contributed by atoms with Gasteiger partial charge in [0.15, 0.2) is 0 Å². The Labute approximate surface area is 160 Å². The Kier molecular flexibility index (Phi) is 3.54. The quantitative estimate of drug-likeness (QED) is 0.476. The first-order valence-corrected chi connectivity index (χ1v) is 10.7. The van der Waals surface area contributed by atoms with Gasteiger partial charge in [0.2, 0.25) is 0 Å². The lowest BCUT2D eigenvalue weighted by Crippen LogP contribution is -2.39. The predicted molar refractivity (Wildman–Crippen MR) is 107 cm³/mol. The number of hydrogen-bond donors (Lipinski definition) is 0. The van der Waals surface area contributed by atoms with Gasteiger partial charge in [-0.15, -0.1) is 0 Å². The zero-order chi connectivity index (χ0) is 17.8. The molecule has 27 heavy (non-hydrogen) atoms. The minimum absolute atomic E-state index is 0.183. The summed E-state index contributed by atoms with van der Waals surface area (Å²) in [7, 11) is -1.17. The van der Waals surface area contributed by atoms with Gasteiger partial charge < -0.3 is 9.05 Å². The van der Waals surface area contributed by atoms with Crippen molar-refractivity contribution in [3.63, 3.8) is 0 Å². The second kappa shape index (κ2) is 6.09. The van der Waals surface area contributed by atoms with E-state index in [0.29, 0.717) is 6.04 Å². The van der Waals surface area contributed by atoms with Crippen LogP contribution in [0.25, 0.3) is 0 Å². The van der Waals surface area contributed by atoms with E-state index in [2.05, 4.69) is 65.3 Å². The van der Waals surface area contributed by atoms with E-state index in [1.165, 1.54) is 28.7 Å². The van der Waals surface area contributed by atoms with Crippen LogP contribution < -0.4 is 9.05 Å². The lowest BCUT2D eigenvalue weighted by molar-refractivity contribution is 0.195. The van der Waals surface area contributed by atoms with Gasteiger partial charge in [-0.25, -0.2) is 0 Å². The van der Waals surface area contributed by atoms with Crippen LogP contribution in [0.3, 0.4) is 0 Å². The van der Waals surface area contributed by atoms with Crippen LogP contribution in [0.15, 0.2) is 72.8 Å². The summed E-state index contributed by atoms with van der Waals surface area (Å²) in [6, 6.07) is 26.3. The Balaban J connectivity index is 1.55. The third-order valence-corrected chi connectivity index (χ3v) is 7.48. The van der Waals surface area contributed by atoms with E-state index in [4.69, 9.17) is 9.05 Å². The van der Waals surface area contributed by atoms with Gasteiger partial charge in [0.05, 0.1) is 6.04 Å². The maximum absolute atomic E-state index is 6.41. The zero-order valence-electron chi connectivity index (χ0n) is 14.9. The van der Waals surface area contributed by atoms with Crippen LogP contribution in [0.1, 0.15) is 47.2 Å². The molecule has 0 aromatic heterocycles. The summed E-state index contributed by atoms with van der Waals surface area (Å²) in [6.07, 6.45) is 3.51. The maximum Gasteiger partial charge on any atom is 0.386 e. The standard InChI is InChI=1S/C23H20NO2P/c1-2-10-17-16(8-1)9-7-13-20(17)24-23-18-11-3-5-14-21(18)25-27(24)26-22-15-6-4-12-19(22)23/h1-6,8,10-12,14-15,20,23H,7,9,13H2/t20-,23?,27?/m0/s1. The highest BCUT2D eigenvalue weighted by Gasteiger charge is 2.49. The number of benzene rings is 3. The van der Waals surface area contributed by atoms with Gasteiger partial charge in [-0.1, -0.05) is 60.7 Å². The lowest BCUT2D eigenvalue weighted by atomic mass is 9.86. The fourth-order valence-corrected chi connectivity index (χ4v) is 6.50. The van der Waals surface area contributed by atoms with Gasteiger partial charge in [-0.05, 0) is 42.5 Å². The molecule has 0 radical (unpaired) electrons. The normalized spacial score (nSPS) is 25.4. The monoisotopic (exact) mass is 373 g/mol. The van der Waals surface area contributed by atoms with E-state index in [1.807, 2.05) is 12.1 Å². The van der Waals surface area contributed by atoms with Gasteiger partial charge in [0.25, 0.3) is 0 Å². The largest absolute Gasteiger partial charge is 0.427 e. The average Bonchev–Trinajstić information content (AvgIpc) is 2.73. The van der Waals surface area contributed by atoms with Crippen molar-refractivity contribution >= 4 is 8.53 Å². The molecule has 0 saturated heterocycles. The Morgan fingerprint density at radius 3 is 2.04 bits per heavy atom.